The van der Waals surface area contributed by atoms with Crippen molar-refractivity contribution in [3.05, 3.63) is 57.8 Å². The molecule has 1 aromatic heterocycles. The lowest BCUT2D eigenvalue weighted by atomic mass is 9.98. The van der Waals surface area contributed by atoms with Crippen molar-refractivity contribution >= 4 is 44.9 Å². The van der Waals surface area contributed by atoms with Gasteiger partial charge in [-0.1, -0.05) is 23.2 Å². The quantitative estimate of drug-likeness (QED) is 0.534. The second kappa shape index (κ2) is 8.89. The zero-order chi connectivity index (χ0) is 26.8. The zero-order valence-electron chi connectivity index (χ0n) is 19.2. The molecule has 2 saturated carbocycles. The summed E-state index contributed by atoms with van der Waals surface area (Å²) in [7, 11) is -4.20. The fourth-order valence-electron chi connectivity index (χ4n) is 4.81. The minimum absolute atomic E-state index is 0.0523. The molecule has 0 bridgehead atoms. The summed E-state index contributed by atoms with van der Waals surface area (Å²) in [5.74, 6) is -2.80. The number of likely N-dealkylation sites (tertiary alicyclic amines) is 1. The Balaban J connectivity index is 1.50. The number of sulfone groups is 1. The second-order valence-electron chi connectivity index (χ2n) is 9.70. The van der Waals surface area contributed by atoms with E-state index in [9.17, 15) is 32.0 Å². The summed E-state index contributed by atoms with van der Waals surface area (Å²) in [6, 6.07) is 4.71. The van der Waals surface area contributed by atoms with Crippen molar-refractivity contribution in [3.8, 4) is 6.07 Å². The van der Waals surface area contributed by atoms with E-state index in [4.69, 9.17) is 23.2 Å². The summed E-state index contributed by atoms with van der Waals surface area (Å²) in [6.07, 6.45) is 2.33. The summed E-state index contributed by atoms with van der Waals surface area (Å²) in [6.45, 7) is -0.372. The van der Waals surface area contributed by atoms with Gasteiger partial charge in [0.15, 0.2) is 9.84 Å². The third-order valence-electron chi connectivity index (χ3n) is 7.21. The number of aromatic nitrogens is 1. The smallest absolute Gasteiger partial charge is 0.244 e. The van der Waals surface area contributed by atoms with Crippen LogP contribution in [0.1, 0.15) is 37.8 Å². The van der Waals surface area contributed by atoms with Crippen molar-refractivity contribution in [3.63, 3.8) is 0 Å². The summed E-state index contributed by atoms with van der Waals surface area (Å²) >= 11 is 11.8. The monoisotopic (exact) mass is 568 g/mol. The summed E-state index contributed by atoms with van der Waals surface area (Å²) < 4.78 is 55.2. The molecular formula is C24H20Cl2F2N4O4S. The minimum Gasteiger partial charge on any atom is -0.336 e. The minimum atomic E-state index is -4.20. The normalized spacial score (nSPS) is 23.3. The van der Waals surface area contributed by atoms with Gasteiger partial charge in [0, 0.05) is 12.7 Å². The molecule has 37 heavy (non-hydrogen) atoms. The van der Waals surface area contributed by atoms with Gasteiger partial charge in [0.05, 0.1) is 37.4 Å². The molecule has 1 aromatic carbocycles. The first-order valence-electron chi connectivity index (χ1n) is 11.5. The molecule has 2 aromatic rings. The van der Waals surface area contributed by atoms with E-state index in [1.54, 1.807) is 0 Å². The highest BCUT2D eigenvalue weighted by atomic mass is 35.5. The number of nitrogens with zero attached hydrogens (tertiary/aromatic N) is 3. The molecule has 0 unspecified atom stereocenters. The largest absolute Gasteiger partial charge is 0.336 e. The van der Waals surface area contributed by atoms with E-state index in [2.05, 4.69) is 10.3 Å². The molecule has 3 fully saturated rings. The molecule has 8 nitrogen and oxygen atoms in total. The molecular weight excluding hydrogens is 549 g/mol. The highest BCUT2D eigenvalue weighted by molar-refractivity contribution is 7.92. The molecule has 1 N–H and O–H groups in total. The Morgan fingerprint density at radius 3 is 2.43 bits per heavy atom. The number of benzene rings is 1. The van der Waals surface area contributed by atoms with Crippen LogP contribution in [0.3, 0.4) is 0 Å². The number of carbonyl (C=O) groups excluding carboxylic acids is 2. The van der Waals surface area contributed by atoms with Crippen molar-refractivity contribution in [1.82, 2.24) is 15.2 Å². The standard InChI is InChI=1S/C24H20Cl2F2N4O4S/c25-13-7-17(28)20(30-10-13)24(5-6-24)22(34)32-11-15(9-18(32)21(33)31-23(12-29)3-4-23)37(35,36)19-2-1-14(27)8-16(19)26/h1-2,7-8,10,15,18H,3-6,9,11H2,(H,31,33)/t15-,18+/m1/s1. The maximum atomic E-state index is 14.8. The molecule has 1 aliphatic heterocycles. The number of hydrogen-bond donors (Lipinski definition) is 1. The number of halogens is 4. The topological polar surface area (TPSA) is 120 Å². The lowest BCUT2D eigenvalue weighted by molar-refractivity contribution is -0.140. The van der Waals surface area contributed by atoms with Crippen molar-refractivity contribution in [1.29, 1.82) is 5.26 Å². The fraction of sp³-hybridized carbons (Fsp3) is 0.417. The summed E-state index contributed by atoms with van der Waals surface area (Å²) in [4.78, 5) is 31.9. The van der Waals surface area contributed by atoms with Gasteiger partial charge >= 0.3 is 0 Å². The van der Waals surface area contributed by atoms with Gasteiger partial charge in [-0.05, 0) is 56.4 Å². The van der Waals surface area contributed by atoms with Crippen LogP contribution in [0.4, 0.5) is 8.78 Å². The van der Waals surface area contributed by atoms with Crippen LogP contribution in [-0.2, 0) is 24.8 Å². The molecule has 0 spiro atoms. The van der Waals surface area contributed by atoms with E-state index in [0.717, 1.165) is 29.2 Å². The Bertz CT molecular complexity index is 1470. The lowest BCUT2D eigenvalue weighted by Gasteiger charge is -2.28. The summed E-state index contributed by atoms with van der Waals surface area (Å²) in [5.41, 5.74) is -2.53. The van der Waals surface area contributed by atoms with Crippen molar-refractivity contribution in [2.45, 2.75) is 59.2 Å². The molecule has 2 atom stereocenters. The zero-order valence-corrected chi connectivity index (χ0v) is 21.5. The van der Waals surface area contributed by atoms with Crippen molar-refractivity contribution in [2.75, 3.05) is 6.54 Å². The van der Waals surface area contributed by atoms with Crippen LogP contribution in [-0.4, -0.2) is 53.5 Å². The van der Waals surface area contributed by atoms with Gasteiger partial charge in [-0.15, -0.1) is 0 Å². The first-order valence-corrected chi connectivity index (χ1v) is 13.8. The van der Waals surface area contributed by atoms with Gasteiger partial charge in [-0.25, -0.2) is 17.2 Å². The van der Waals surface area contributed by atoms with Gasteiger partial charge in [0.25, 0.3) is 0 Å². The molecule has 13 heteroatoms. The molecule has 194 valence electrons. The Morgan fingerprint density at radius 1 is 1.16 bits per heavy atom. The fourth-order valence-corrected chi connectivity index (χ4v) is 7.18. The van der Waals surface area contributed by atoms with Gasteiger partial charge in [0.1, 0.15) is 23.2 Å². The van der Waals surface area contributed by atoms with E-state index in [0.29, 0.717) is 12.8 Å². The Hall–Kier alpha value is -2.81. The molecule has 3 aliphatic rings. The van der Waals surface area contributed by atoms with Crippen molar-refractivity contribution in [2.24, 2.45) is 0 Å². The molecule has 0 radical (unpaired) electrons. The highest BCUT2D eigenvalue weighted by Gasteiger charge is 2.60. The van der Waals surface area contributed by atoms with E-state index in [1.165, 1.54) is 6.20 Å². The molecule has 1 saturated heterocycles. The van der Waals surface area contributed by atoms with Crippen molar-refractivity contribution < 1.29 is 26.8 Å². The van der Waals surface area contributed by atoms with Gasteiger partial charge < -0.3 is 10.2 Å². The lowest BCUT2D eigenvalue weighted by Crippen LogP contribution is -2.52. The average Bonchev–Trinajstić information content (AvgIpc) is 3.75. The van der Waals surface area contributed by atoms with Crippen LogP contribution < -0.4 is 5.32 Å². The number of nitrogens with one attached hydrogen (secondary N) is 1. The Morgan fingerprint density at radius 2 is 1.86 bits per heavy atom. The predicted octanol–water partition coefficient (Wildman–Crippen LogP) is 3.31. The Labute approximate surface area is 221 Å². The number of rotatable bonds is 6. The average molecular weight is 569 g/mol. The first kappa shape index (κ1) is 25.8. The maximum absolute atomic E-state index is 14.8. The van der Waals surface area contributed by atoms with Crippen LogP contribution in [0.5, 0.6) is 0 Å². The maximum Gasteiger partial charge on any atom is 0.244 e. The van der Waals surface area contributed by atoms with Gasteiger partial charge in [-0.3, -0.25) is 14.6 Å². The number of nitriles is 1. The van der Waals surface area contributed by atoms with E-state index in [1.807, 2.05) is 6.07 Å². The second-order valence-corrected chi connectivity index (χ2v) is 12.7. The number of carbonyl (C=O) groups is 2. The van der Waals surface area contributed by atoms with Crippen LogP contribution in [0, 0.1) is 23.0 Å². The highest BCUT2D eigenvalue weighted by Crippen LogP contribution is 2.51. The van der Waals surface area contributed by atoms with Crippen LogP contribution in [0.25, 0.3) is 0 Å². The number of hydrogen-bond acceptors (Lipinski definition) is 6. The Kier molecular flexibility index (Phi) is 6.21. The first-order chi connectivity index (χ1) is 17.4. The third-order valence-corrected chi connectivity index (χ3v) is 10.0. The summed E-state index contributed by atoms with van der Waals surface area (Å²) in [5, 5.41) is 10.5. The van der Waals surface area contributed by atoms with Gasteiger partial charge in [-0.2, -0.15) is 5.26 Å². The van der Waals surface area contributed by atoms with Gasteiger partial charge in [0.2, 0.25) is 11.8 Å². The van der Waals surface area contributed by atoms with E-state index in [-0.39, 0.29) is 46.4 Å². The molecule has 2 heterocycles. The van der Waals surface area contributed by atoms with Crippen LogP contribution >= 0.6 is 23.2 Å². The van der Waals surface area contributed by atoms with Crippen LogP contribution in [0.2, 0.25) is 10.0 Å². The third kappa shape index (κ3) is 4.45. The SMILES string of the molecule is N#CC1(NC(=O)[C@@H]2C[C@@H](S(=O)(=O)c3ccc(F)cc3Cl)CN2C(=O)C2(c3ncc(Cl)cc3F)CC2)CC1. The van der Waals surface area contributed by atoms with E-state index < -0.39 is 55.5 Å². The number of pyridine rings is 1. The molecule has 2 amide bonds. The van der Waals surface area contributed by atoms with E-state index >= 15 is 0 Å². The molecule has 2 aliphatic carbocycles. The number of amides is 2. The molecule has 5 rings (SSSR count). The van der Waals surface area contributed by atoms with Crippen LogP contribution in [0.15, 0.2) is 35.4 Å². The predicted molar refractivity (Wildman–Crippen MR) is 128 cm³/mol.